The van der Waals surface area contributed by atoms with Crippen LogP contribution in [0.15, 0.2) is 54.9 Å². The number of nitrogens with zero attached hydrogens (tertiary/aromatic N) is 4. The van der Waals surface area contributed by atoms with Gasteiger partial charge in [0.25, 0.3) is 5.91 Å². The number of carbonyl (C=O) groups is 1. The summed E-state index contributed by atoms with van der Waals surface area (Å²) in [6.07, 6.45) is -0.0690. The molecule has 5 rings (SSSR count). The van der Waals surface area contributed by atoms with Gasteiger partial charge in [0.1, 0.15) is 0 Å². The molecule has 2 aliphatic rings. The van der Waals surface area contributed by atoms with Crippen molar-refractivity contribution in [3.63, 3.8) is 0 Å². The summed E-state index contributed by atoms with van der Waals surface area (Å²) in [5, 5.41) is 4.47. The van der Waals surface area contributed by atoms with Crippen molar-refractivity contribution < 1.29 is 27.4 Å². The third kappa shape index (κ3) is 4.23. The lowest BCUT2D eigenvalue weighted by Gasteiger charge is -2.37. The van der Waals surface area contributed by atoms with Crippen LogP contribution in [0.2, 0.25) is 0 Å². The van der Waals surface area contributed by atoms with E-state index >= 15 is 0 Å². The minimum Gasteiger partial charge on any atom is -0.347 e. The first-order valence-electron chi connectivity index (χ1n) is 10.6. The lowest BCUT2D eigenvalue weighted by atomic mass is 10.0. The molecule has 2 aliphatic heterocycles. The molecule has 0 saturated carbocycles. The summed E-state index contributed by atoms with van der Waals surface area (Å²) >= 11 is 0. The lowest BCUT2D eigenvalue weighted by molar-refractivity contribution is -0.181. The lowest BCUT2D eigenvalue weighted by Crippen LogP contribution is -2.47. The predicted molar refractivity (Wildman–Crippen MR) is 112 cm³/mol. The molecule has 7 nitrogen and oxygen atoms in total. The Labute approximate surface area is 187 Å². The maximum atomic E-state index is 13.2. The minimum absolute atomic E-state index is 0.214. The molecule has 1 amide bonds. The van der Waals surface area contributed by atoms with Crippen molar-refractivity contribution in [2.24, 2.45) is 0 Å². The number of hydrogen-bond donors (Lipinski definition) is 0. The van der Waals surface area contributed by atoms with Crippen molar-refractivity contribution in [3.05, 3.63) is 66.1 Å². The highest BCUT2D eigenvalue weighted by Gasteiger charge is 2.41. The second kappa shape index (κ2) is 8.27. The largest absolute Gasteiger partial charge is 0.416 e. The molecule has 0 radical (unpaired) electrons. The van der Waals surface area contributed by atoms with E-state index in [0.717, 1.165) is 17.7 Å². The Hall–Kier alpha value is -3.24. The molecule has 1 aromatic carbocycles. The normalized spacial score (nSPS) is 18.1. The minimum atomic E-state index is -4.43. The van der Waals surface area contributed by atoms with Crippen LogP contribution in [-0.4, -0.2) is 57.7 Å². The molecule has 0 aliphatic carbocycles. The zero-order valence-corrected chi connectivity index (χ0v) is 17.6. The third-order valence-electron chi connectivity index (χ3n) is 5.97. The number of pyridine rings is 1. The molecule has 2 saturated heterocycles. The fourth-order valence-corrected chi connectivity index (χ4v) is 4.20. The zero-order valence-electron chi connectivity index (χ0n) is 17.6. The Morgan fingerprint density at radius 3 is 2.21 bits per heavy atom. The number of rotatable bonds is 3. The Bertz CT molecular complexity index is 1130. The highest BCUT2D eigenvalue weighted by molar-refractivity contribution is 5.93. The van der Waals surface area contributed by atoms with Crippen LogP contribution in [0.4, 0.5) is 13.2 Å². The molecule has 0 bridgehead atoms. The third-order valence-corrected chi connectivity index (χ3v) is 5.97. The van der Waals surface area contributed by atoms with Crippen molar-refractivity contribution in [1.82, 2.24) is 19.7 Å². The number of carbonyl (C=O) groups excluding carboxylic acids is 1. The van der Waals surface area contributed by atoms with Gasteiger partial charge in [-0.25, -0.2) is 4.68 Å². The van der Waals surface area contributed by atoms with Crippen LogP contribution in [0.5, 0.6) is 0 Å². The van der Waals surface area contributed by atoms with E-state index in [0.29, 0.717) is 50.5 Å². The Morgan fingerprint density at radius 1 is 0.970 bits per heavy atom. The summed E-state index contributed by atoms with van der Waals surface area (Å²) in [6.45, 7) is 2.05. The summed E-state index contributed by atoms with van der Waals surface area (Å²) in [7, 11) is 0. The van der Waals surface area contributed by atoms with Crippen molar-refractivity contribution >= 4 is 5.91 Å². The Balaban J connectivity index is 1.45. The van der Waals surface area contributed by atoms with Gasteiger partial charge in [0.15, 0.2) is 11.5 Å². The van der Waals surface area contributed by atoms with Gasteiger partial charge in [-0.1, -0.05) is 0 Å². The number of hydrogen-bond acceptors (Lipinski definition) is 5. The van der Waals surface area contributed by atoms with Crippen LogP contribution in [0.1, 0.15) is 28.9 Å². The standard InChI is InChI=1S/C23H21F3N4O3/c24-23(25,26)17-1-3-18(4-2-17)30-20(16-5-9-27-10-6-16)15-19(28-30)21(31)29-11-7-22(8-12-29)32-13-14-33-22/h1-6,9-10,15H,7-8,11-14H2. The molecule has 33 heavy (non-hydrogen) atoms. The Kier molecular flexibility index (Phi) is 5.41. The second-order valence-corrected chi connectivity index (χ2v) is 8.01. The van der Waals surface area contributed by atoms with Crippen LogP contribution in [-0.2, 0) is 15.7 Å². The molecule has 0 unspecified atom stereocenters. The molecule has 4 heterocycles. The van der Waals surface area contributed by atoms with Gasteiger partial charge in [0, 0.05) is 43.9 Å². The monoisotopic (exact) mass is 458 g/mol. The van der Waals surface area contributed by atoms with Gasteiger partial charge >= 0.3 is 6.18 Å². The quantitative estimate of drug-likeness (QED) is 0.595. The molecule has 2 fully saturated rings. The summed E-state index contributed by atoms with van der Waals surface area (Å²) in [6, 6.07) is 9.85. The van der Waals surface area contributed by atoms with E-state index in [4.69, 9.17) is 9.47 Å². The topological polar surface area (TPSA) is 69.5 Å². The van der Waals surface area contributed by atoms with Crippen molar-refractivity contribution in [2.45, 2.75) is 24.8 Å². The van der Waals surface area contributed by atoms with E-state index in [1.165, 1.54) is 16.8 Å². The molecular weight excluding hydrogens is 437 g/mol. The summed E-state index contributed by atoms with van der Waals surface area (Å²) in [5.41, 5.74) is 1.20. The number of benzene rings is 1. The maximum absolute atomic E-state index is 13.2. The number of ether oxygens (including phenoxy) is 2. The number of likely N-dealkylation sites (tertiary alicyclic amines) is 1. The highest BCUT2D eigenvalue weighted by atomic mass is 19.4. The smallest absolute Gasteiger partial charge is 0.347 e. The number of amides is 1. The van der Waals surface area contributed by atoms with Gasteiger partial charge in [-0.15, -0.1) is 0 Å². The van der Waals surface area contributed by atoms with Gasteiger partial charge in [0.2, 0.25) is 0 Å². The second-order valence-electron chi connectivity index (χ2n) is 8.01. The van der Waals surface area contributed by atoms with Crippen LogP contribution in [0.25, 0.3) is 16.9 Å². The first kappa shape index (κ1) is 21.6. The fraction of sp³-hybridized carbons (Fsp3) is 0.348. The summed E-state index contributed by atoms with van der Waals surface area (Å²) in [5.74, 6) is -0.845. The first-order valence-corrected chi connectivity index (χ1v) is 10.6. The van der Waals surface area contributed by atoms with E-state index in [1.54, 1.807) is 35.5 Å². The van der Waals surface area contributed by atoms with E-state index < -0.39 is 17.5 Å². The van der Waals surface area contributed by atoms with E-state index in [2.05, 4.69) is 10.1 Å². The van der Waals surface area contributed by atoms with Crippen molar-refractivity contribution in [1.29, 1.82) is 0 Å². The number of aromatic nitrogens is 3. The van der Waals surface area contributed by atoms with E-state index in [1.807, 2.05) is 0 Å². The van der Waals surface area contributed by atoms with Crippen LogP contribution in [0, 0.1) is 0 Å². The molecule has 0 atom stereocenters. The van der Waals surface area contributed by atoms with E-state index in [9.17, 15) is 18.0 Å². The average Bonchev–Trinajstić information content (AvgIpc) is 3.47. The fourth-order valence-electron chi connectivity index (χ4n) is 4.20. The molecule has 3 aromatic rings. The molecule has 0 N–H and O–H groups in total. The van der Waals surface area contributed by atoms with Crippen LogP contribution < -0.4 is 0 Å². The number of piperidine rings is 1. The predicted octanol–water partition coefficient (Wildman–Crippen LogP) is 3.93. The highest BCUT2D eigenvalue weighted by Crippen LogP contribution is 2.33. The maximum Gasteiger partial charge on any atom is 0.416 e. The molecular formula is C23H21F3N4O3. The van der Waals surface area contributed by atoms with Crippen LogP contribution >= 0.6 is 0 Å². The molecule has 2 aromatic heterocycles. The number of alkyl halides is 3. The SMILES string of the molecule is O=C(c1cc(-c2ccncc2)n(-c2ccc(C(F)(F)F)cc2)n1)N1CCC2(CC1)OCCO2. The van der Waals surface area contributed by atoms with Gasteiger partial charge in [-0.2, -0.15) is 18.3 Å². The van der Waals surface area contributed by atoms with Crippen molar-refractivity contribution in [3.8, 4) is 16.9 Å². The van der Waals surface area contributed by atoms with Gasteiger partial charge in [-0.05, 0) is 42.5 Å². The number of halogens is 3. The summed E-state index contributed by atoms with van der Waals surface area (Å²) in [4.78, 5) is 18.9. The van der Waals surface area contributed by atoms with E-state index in [-0.39, 0.29) is 11.6 Å². The summed E-state index contributed by atoms with van der Waals surface area (Å²) < 4.78 is 51.9. The first-order chi connectivity index (χ1) is 15.8. The van der Waals surface area contributed by atoms with Crippen LogP contribution in [0.3, 0.4) is 0 Å². The van der Waals surface area contributed by atoms with Gasteiger partial charge in [-0.3, -0.25) is 9.78 Å². The van der Waals surface area contributed by atoms with Gasteiger partial charge < -0.3 is 14.4 Å². The molecule has 1 spiro atoms. The molecule has 10 heteroatoms. The molecule has 172 valence electrons. The van der Waals surface area contributed by atoms with Crippen molar-refractivity contribution in [2.75, 3.05) is 26.3 Å². The zero-order chi connectivity index (χ0) is 23.1. The Morgan fingerprint density at radius 2 is 1.61 bits per heavy atom. The average molecular weight is 458 g/mol. The van der Waals surface area contributed by atoms with Gasteiger partial charge in [0.05, 0.1) is 30.2 Å².